The molecule has 3 rings (SSSR count). The molecule has 0 saturated heterocycles. The molecular formula is C21H25N3O2. The van der Waals surface area contributed by atoms with E-state index in [1.165, 1.54) is 0 Å². The highest BCUT2D eigenvalue weighted by Crippen LogP contribution is 2.25. The van der Waals surface area contributed by atoms with Gasteiger partial charge >= 0.3 is 0 Å². The minimum Gasteiger partial charge on any atom is -0.351 e. The van der Waals surface area contributed by atoms with Crippen LogP contribution in [0.3, 0.4) is 0 Å². The second-order valence-electron chi connectivity index (χ2n) is 6.72. The van der Waals surface area contributed by atoms with E-state index in [4.69, 9.17) is 5.73 Å². The fraction of sp³-hybridized carbons (Fsp3) is 0.333. The van der Waals surface area contributed by atoms with Gasteiger partial charge in [-0.2, -0.15) is 0 Å². The number of hydrogen-bond acceptors (Lipinski definition) is 3. The zero-order chi connectivity index (χ0) is 18.4. The molecule has 1 aliphatic carbocycles. The zero-order valence-corrected chi connectivity index (χ0v) is 14.7. The van der Waals surface area contributed by atoms with Crippen molar-refractivity contribution >= 4 is 11.8 Å². The van der Waals surface area contributed by atoms with Crippen molar-refractivity contribution in [1.29, 1.82) is 0 Å². The third-order valence-corrected chi connectivity index (χ3v) is 5.00. The summed E-state index contributed by atoms with van der Waals surface area (Å²) in [4.78, 5) is 25.5. The van der Waals surface area contributed by atoms with Crippen LogP contribution in [0.4, 0.5) is 0 Å². The van der Waals surface area contributed by atoms with E-state index in [1.54, 1.807) is 24.3 Å². The molecule has 0 heterocycles. The maximum atomic E-state index is 13.0. The molecule has 1 saturated carbocycles. The van der Waals surface area contributed by atoms with Gasteiger partial charge in [0.05, 0.1) is 0 Å². The first kappa shape index (κ1) is 18.1. The molecule has 0 bridgehead atoms. The zero-order valence-electron chi connectivity index (χ0n) is 14.7. The van der Waals surface area contributed by atoms with Crippen LogP contribution in [0.5, 0.6) is 0 Å². The van der Waals surface area contributed by atoms with Crippen LogP contribution in [-0.2, 0) is 4.79 Å². The Balaban J connectivity index is 1.77. The molecule has 3 atom stereocenters. The van der Waals surface area contributed by atoms with E-state index in [1.807, 2.05) is 36.4 Å². The molecule has 2 amide bonds. The average Bonchev–Trinajstić information content (AvgIpc) is 3.14. The van der Waals surface area contributed by atoms with Crippen LogP contribution >= 0.6 is 0 Å². The van der Waals surface area contributed by atoms with Crippen molar-refractivity contribution in [3.63, 3.8) is 0 Å². The molecule has 5 heteroatoms. The summed E-state index contributed by atoms with van der Waals surface area (Å²) in [5.41, 5.74) is 7.11. The Morgan fingerprint density at radius 1 is 1.00 bits per heavy atom. The number of benzene rings is 2. The molecule has 2 aromatic rings. The van der Waals surface area contributed by atoms with Gasteiger partial charge in [-0.05, 0) is 43.0 Å². The summed E-state index contributed by atoms with van der Waals surface area (Å²) < 4.78 is 0. The van der Waals surface area contributed by atoms with Gasteiger partial charge in [0.25, 0.3) is 5.91 Å². The predicted octanol–water partition coefficient (Wildman–Crippen LogP) is 2.40. The van der Waals surface area contributed by atoms with Gasteiger partial charge in [0.2, 0.25) is 5.91 Å². The molecule has 3 unspecified atom stereocenters. The number of carbonyl (C=O) groups excluding carboxylic acids is 2. The van der Waals surface area contributed by atoms with Crippen molar-refractivity contribution in [2.75, 3.05) is 6.54 Å². The quantitative estimate of drug-likeness (QED) is 0.747. The van der Waals surface area contributed by atoms with E-state index in [0.717, 1.165) is 24.8 Å². The van der Waals surface area contributed by atoms with Gasteiger partial charge in [-0.1, -0.05) is 55.0 Å². The minimum atomic E-state index is -0.733. The summed E-state index contributed by atoms with van der Waals surface area (Å²) in [7, 11) is 0. The third-order valence-electron chi connectivity index (χ3n) is 5.00. The van der Waals surface area contributed by atoms with Gasteiger partial charge in [0, 0.05) is 11.6 Å². The maximum absolute atomic E-state index is 13.0. The Kier molecular flexibility index (Phi) is 6.02. The standard InChI is InChI=1S/C21H25N3O2/c22-14-17-12-7-13-18(17)23-21(26)19(15-8-3-1-4-9-15)24-20(25)16-10-5-2-6-11-16/h1-6,8-11,17-19H,7,12-14,22H2,(H,23,26)(H,24,25). The molecule has 136 valence electrons. The lowest BCUT2D eigenvalue weighted by atomic mass is 10.0. The van der Waals surface area contributed by atoms with Gasteiger partial charge in [0.15, 0.2) is 0 Å². The van der Waals surface area contributed by atoms with Gasteiger partial charge in [-0.3, -0.25) is 9.59 Å². The van der Waals surface area contributed by atoms with Crippen molar-refractivity contribution in [2.45, 2.75) is 31.3 Å². The molecule has 1 aliphatic rings. The first-order valence-electron chi connectivity index (χ1n) is 9.10. The molecule has 1 fully saturated rings. The Labute approximate surface area is 154 Å². The van der Waals surface area contributed by atoms with E-state index in [2.05, 4.69) is 10.6 Å². The summed E-state index contributed by atoms with van der Waals surface area (Å²) in [6.45, 7) is 0.567. The number of nitrogens with one attached hydrogen (secondary N) is 2. The lowest BCUT2D eigenvalue weighted by Gasteiger charge is -2.24. The Bertz CT molecular complexity index is 733. The number of nitrogens with two attached hydrogens (primary N) is 1. The maximum Gasteiger partial charge on any atom is 0.252 e. The summed E-state index contributed by atoms with van der Waals surface area (Å²) in [6, 6.07) is 17.6. The van der Waals surface area contributed by atoms with E-state index >= 15 is 0 Å². The molecule has 0 aromatic heterocycles. The van der Waals surface area contributed by atoms with E-state index in [0.29, 0.717) is 18.0 Å². The summed E-state index contributed by atoms with van der Waals surface area (Å²) in [5.74, 6) is -0.151. The van der Waals surface area contributed by atoms with Gasteiger partial charge in [-0.25, -0.2) is 0 Å². The molecule has 0 aliphatic heterocycles. The monoisotopic (exact) mass is 351 g/mol. The Morgan fingerprint density at radius 3 is 2.31 bits per heavy atom. The second kappa shape index (κ2) is 8.63. The molecular weight excluding hydrogens is 326 g/mol. The molecule has 4 N–H and O–H groups in total. The fourth-order valence-electron chi connectivity index (χ4n) is 3.52. The fourth-order valence-corrected chi connectivity index (χ4v) is 3.52. The third kappa shape index (κ3) is 4.29. The van der Waals surface area contributed by atoms with Crippen molar-refractivity contribution in [2.24, 2.45) is 11.7 Å². The van der Waals surface area contributed by atoms with Crippen molar-refractivity contribution < 1.29 is 9.59 Å². The topological polar surface area (TPSA) is 84.2 Å². The molecule has 2 aromatic carbocycles. The summed E-state index contributed by atoms with van der Waals surface area (Å²) in [5, 5.41) is 5.98. The van der Waals surface area contributed by atoms with Crippen LogP contribution in [0.25, 0.3) is 0 Å². The molecule has 26 heavy (non-hydrogen) atoms. The van der Waals surface area contributed by atoms with Crippen LogP contribution in [0.2, 0.25) is 0 Å². The van der Waals surface area contributed by atoms with E-state index in [9.17, 15) is 9.59 Å². The predicted molar refractivity (Wildman–Crippen MR) is 101 cm³/mol. The summed E-state index contributed by atoms with van der Waals surface area (Å²) >= 11 is 0. The highest BCUT2D eigenvalue weighted by molar-refractivity contribution is 5.97. The average molecular weight is 351 g/mol. The van der Waals surface area contributed by atoms with Crippen LogP contribution < -0.4 is 16.4 Å². The second-order valence-corrected chi connectivity index (χ2v) is 6.72. The van der Waals surface area contributed by atoms with Crippen LogP contribution in [0.1, 0.15) is 41.2 Å². The number of rotatable bonds is 6. The molecule has 0 spiro atoms. The Morgan fingerprint density at radius 2 is 1.65 bits per heavy atom. The van der Waals surface area contributed by atoms with E-state index in [-0.39, 0.29) is 17.9 Å². The highest BCUT2D eigenvalue weighted by atomic mass is 16.2. The normalized spacial score (nSPS) is 20.3. The van der Waals surface area contributed by atoms with Gasteiger partial charge in [0.1, 0.15) is 6.04 Å². The van der Waals surface area contributed by atoms with E-state index < -0.39 is 6.04 Å². The molecule has 0 radical (unpaired) electrons. The van der Waals surface area contributed by atoms with Crippen molar-refractivity contribution in [3.8, 4) is 0 Å². The summed E-state index contributed by atoms with van der Waals surface area (Å²) in [6.07, 6.45) is 3.04. The first-order valence-corrected chi connectivity index (χ1v) is 9.10. The lowest BCUT2D eigenvalue weighted by molar-refractivity contribution is -0.124. The van der Waals surface area contributed by atoms with Crippen LogP contribution in [-0.4, -0.2) is 24.4 Å². The largest absolute Gasteiger partial charge is 0.351 e. The number of amides is 2. The molecule has 5 nitrogen and oxygen atoms in total. The highest BCUT2D eigenvalue weighted by Gasteiger charge is 2.31. The lowest BCUT2D eigenvalue weighted by Crippen LogP contribution is -2.46. The van der Waals surface area contributed by atoms with Crippen molar-refractivity contribution in [3.05, 3.63) is 71.8 Å². The first-order chi connectivity index (χ1) is 12.7. The number of hydrogen-bond donors (Lipinski definition) is 3. The Hall–Kier alpha value is -2.66. The van der Waals surface area contributed by atoms with Crippen molar-refractivity contribution in [1.82, 2.24) is 10.6 Å². The smallest absolute Gasteiger partial charge is 0.252 e. The van der Waals surface area contributed by atoms with Gasteiger partial charge < -0.3 is 16.4 Å². The minimum absolute atomic E-state index is 0.0762. The number of carbonyl (C=O) groups is 2. The SMILES string of the molecule is NCC1CCCC1NC(=O)C(NC(=O)c1ccccc1)c1ccccc1. The van der Waals surface area contributed by atoms with Gasteiger partial charge in [-0.15, -0.1) is 0 Å². The van der Waals surface area contributed by atoms with Crippen LogP contribution in [0.15, 0.2) is 60.7 Å². The van der Waals surface area contributed by atoms with Crippen LogP contribution in [0, 0.1) is 5.92 Å².